The van der Waals surface area contributed by atoms with E-state index in [2.05, 4.69) is 102 Å². The lowest BCUT2D eigenvalue weighted by Crippen LogP contribution is -2.31. The molecule has 2 aliphatic rings. The minimum absolute atomic E-state index is 0.0587. The first-order valence-electron chi connectivity index (χ1n) is 16.8. The third-order valence-corrected chi connectivity index (χ3v) is 10.4. The molecule has 0 radical (unpaired) electrons. The highest BCUT2D eigenvalue weighted by atomic mass is 14.8. The Kier molecular flexibility index (Phi) is 14.3. The summed E-state index contributed by atoms with van der Waals surface area (Å²) >= 11 is 0. The van der Waals surface area contributed by atoms with E-state index in [-0.39, 0.29) is 16.2 Å². The zero-order chi connectivity index (χ0) is 29.7. The number of fused-ring (bicyclic) bond motifs is 2. The SMILES string of the molecule is CCCCCCCCC1(CCCCCCCC)C2=C(C=CC(C)(C(C)(C)CC)C=C2)c2ccc(NC)cc21.CN. The predicted octanol–water partition coefficient (Wildman–Crippen LogP) is 11.4. The van der Waals surface area contributed by atoms with E-state index in [1.54, 1.807) is 11.1 Å². The lowest BCUT2D eigenvalue weighted by molar-refractivity contribution is 0.190. The summed E-state index contributed by atoms with van der Waals surface area (Å²) in [6, 6.07) is 7.19. The molecule has 2 aliphatic carbocycles. The molecule has 2 heteroatoms. The van der Waals surface area contributed by atoms with Gasteiger partial charge in [-0.25, -0.2) is 0 Å². The molecule has 0 heterocycles. The Bertz CT molecular complexity index is 963. The van der Waals surface area contributed by atoms with E-state index in [0.29, 0.717) is 0 Å². The lowest BCUT2D eigenvalue weighted by Gasteiger charge is -2.40. The summed E-state index contributed by atoms with van der Waals surface area (Å²) in [6.07, 6.45) is 30.2. The Balaban J connectivity index is 0.00000274. The molecule has 0 bridgehead atoms. The molecule has 226 valence electrons. The van der Waals surface area contributed by atoms with Gasteiger partial charge in [-0.15, -0.1) is 0 Å². The number of anilines is 1. The van der Waals surface area contributed by atoms with Crippen molar-refractivity contribution in [2.24, 2.45) is 16.6 Å². The van der Waals surface area contributed by atoms with Crippen LogP contribution < -0.4 is 11.1 Å². The van der Waals surface area contributed by atoms with Gasteiger partial charge in [-0.2, -0.15) is 0 Å². The van der Waals surface area contributed by atoms with Crippen molar-refractivity contribution in [1.29, 1.82) is 0 Å². The lowest BCUT2D eigenvalue weighted by atomic mass is 9.64. The number of benzene rings is 1. The van der Waals surface area contributed by atoms with Gasteiger partial charge in [-0.05, 0) is 66.1 Å². The van der Waals surface area contributed by atoms with Crippen molar-refractivity contribution in [3.8, 4) is 0 Å². The fraction of sp³-hybridized carbons (Fsp3) is 0.684. The molecular formula is C38H64N2. The molecule has 1 atom stereocenters. The van der Waals surface area contributed by atoms with Crippen molar-refractivity contribution in [2.75, 3.05) is 19.4 Å². The smallest absolute Gasteiger partial charge is 0.0341 e. The third-order valence-electron chi connectivity index (χ3n) is 10.4. The monoisotopic (exact) mass is 549 g/mol. The Morgan fingerprint density at radius 2 is 1.27 bits per heavy atom. The van der Waals surface area contributed by atoms with Gasteiger partial charge in [0.25, 0.3) is 0 Å². The molecule has 0 saturated heterocycles. The average Bonchev–Trinajstić information content (AvgIpc) is 3.08. The van der Waals surface area contributed by atoms with Crippen LogP contribution in [0.15, 0.2) is 48.1 Å². The van der Waals surface area contributed by atoms with Gasteiger partial charge in [0.05, 0.1) is 0 Å². The number of nitrogens with two attached hydrogens (primary N) is 1. The zero-order valence-electron chi connectivity index (χ0n) is 27.7. The van der Waals surface area contributed by atoms with Gasteiger partial charge < -0.3 is 11.1 Å². The highest BCUT2D eigenvalue weighted by Gasteiger charge is 2.45. The van der Waals surface area contributed by atoms with Crippen LogP contribution in [0.3, 0.4) is 0 Å². The summed E-state index contributed by atoms with van der Waals surface area (Å²) in [5.41, 5.74) is 12.3. The van der Waals surface area contributed by atoms with Gasteiger partial charge in [0.2, 0.25) is 0 Å². The average molecular weight is 549 g/mol. The predicted molar refractivity (Wildman–Crippen MR) is 181 cm³/mol. The van der Waals surface area contributed by atoms with Crippen LogP contribution in [0.5, 0.6) is 0 Å². The molecule has 0 amide bonds. The summed E-state index contributed by atoms with van der Waals surface area (Å²) in [7, 11) is 3.57. The van der Waals surface area contributed by atoms with Crippen molar-refractivity contribution >= 4 is 11.3 Å². The Labute approximate surface area is 249 Å². The van der Waals surface area contributed by atoms with Crippen LogP contribution in [0.25, 0.3) is 5.57 Å². The number of nitrogens with one attached hydrogen (secondary N) is 1. The Hall–Kier alpha value is -1.80. The van der Waals surface area contributed by atoms with Crippen LogP contribution in [0.1, 0.15) is 149 Å². The minimum Gasteiger partial charge on any atom is -0.388 e. The molecule has 0 saturated carbocycles. The summed E-state index contributed by atoms with van der Waals surface area (Å²) in [5.74, 6) is 0. The third kappa shape index (κ3) is 7.93. The van der Waals surface area contributed by atoms with Gasteiger partial charge in [0, 0.05) is 23.6 Å². The largest absolute Gasteiger partial charge is 0.388 e. The van der Waals surface area contributed by atoms with Gasteiger partial charge in [0.1, 0.15) is 0 Å². The minimum atomic E-state index is 0.0587. The molecule has 0 fully saturated rings. The molecule has 0 aromatic heterocycles. The molecule has 2 nitrogen and oxygen atoms in total. The van der Waals surface area contributed by atoms with E-state index in [4.69, 9.17) is 0 Å². The summed E-state index contributed by atoms with van der Waals surface area (Å²) < 4.78 is 0. The van der Waals surface area contributed by atoms with Gasteiger partial charge >= 0.3 is 0 Å². The second kappa shape index (κ2) is 16.6. The zero-order valence-corrected chi connectivity index (χ0v) is 27.7. The molecule has 0 spiro atoms. The van der Waals surface area contributed by atoms with Crippen LogP contribution >= 0.6 is 0 Å². The molecular weight excluding hydrogens is 484 g/mol. The van der Waals surface area contributed by atoms with Crippen molar-refractivity contribution < 1.29 is 0 Å². The number of rotatable bonds is 17. The summed E-state index contributed by atoms with van der Waals surface area (Å²) in [5, 5.41) is 3.46. The second-order valence-corrected chi connectivity index (χ2v) is 13.1. The number of hydrogen-bond acceptors (Lipinski definition) is 2. The maximum atomic E-state index is 4.50. The van der Waals surface area contributed by atoms with E-state index in [1.165, 1.54) is 120 Å². The van der Waals surface area contributed by atoms with Gasteiger partial charge in [-0.3, -0.25) is 0 Å². The van der Waals surface area contributed by atoms with Gasteiger partial charge in [-0.1, -0.05) is 149 Å². The topological polar surface area (TPSA) is 38.0 Å². The van der Waals surface area contributed by atoms with E-state index >= 15 is 0 Å². The highest BCUT2D eigenvalue weighted by molar-refractivity contribution is 5.89. The van der Waals surface area contributed by atoms with Crippen molar-refractivity contribution in [1.82, 2.24) is 0 Å². The summed E-state index contributed by atoms with van der Waals surface area (Å²) in [4.78, 5) is 0. The van der Waals surface area contributed by atoms with E-state index in [9.17, 15) is 0 Å². The number of allylic oxidation sites excluding steroid dienone is 6. The van der Waals surface area contributed by atoms with Crippen molar-refractivity contribution in [2.45, 2.75) is 143 Å². The summed E-state index contributed by atoms with van der Waals surface area (Å²) in [6.45, 7) is 14.3. The Morgan fingerprint density at radius 3 is 1.80 bits per heavy atom. The van der Waals surface area contributed by atoms with Crippen LogP contribution in [0.2, 0.25) is 0 Å². The van der Waals surface area contributed by atoms with Crippen LogP contribution in [-0.4, -0.2) is 14.1 Å². The molecule has 1 unspecified atom stereocenters. The van der Waals surface area contributed by atoms with Crippen LogP contribution in [0.4, 0.5) is 5.69 Å². The Morgan fingerprint density at radius 1 is 0.750 bits per heavy atom. The molecule has 0 aliphatic heterocycles. The maximum Gasteiger partial charge on any atom is 0.0341 e. The van der Waals surface area contributed by atoms with Crippen LogP contribution in [0, 0.1) is 10.8 Å². The second-order valence-electron chi connectivity index (χ2n) is 13.1. The molecule has 40 heavy (non-hydrogen) atoms. The first-order valence-corrected chi connectivity index (χ1v) is 16.8. The normalized spacial score (nSPS) is 19.1. The van der Waals surface area contributed by atoms with E-state index < -0.39 is 0 Å². The molecule has 3 N–H and O–H groups in total. The van der Waals surface area contributed by atoms with Crippen LogP contribution in [-0.2, 0) is 5.41 Å². The van der Waals surface area contributed by atoms with Crippen molar-refractivity contribution in [3.63, 3.8) is 0 Å². The fourth-order valence-corrected chi connectivity index (χ4v) is 6.79. The van der Waals surface area contributed by atoms with Gasteiger partial charge in [0.15, 0.2) is 0 Å². The molecule has 1 aromatic carbocycles. The quantitative estimate of drug-likeness (QED) is 0.190. The first-order chi connectivity index (χ1) is 19.3. The fourth-order valence-electron chi connectivity index (χ4n) is 6.79. The maximum absolute atomic E-state index is 4.50. The van der Waals surface area contributed by atoms with E-state index in [1.807, 2.05) is 0 Å². The molecule has 1 aromatic rings. The molecule has 3 rings (SSSR count). The highest BCUT2D eigenvalue weighted by Crippen LogP contribution is 2.56. The standard InChI is InChI=1S/C37H59N.CH5N/c1-8-11-13-15-17-19-25-37(26-20-18-16-14-12-9-2)33-24-28-36(6,35(4,5)10-3)27-23-32(33)31-22-21-30(38-7)29-34(31)37;1-2/h21-24,27-29,38H,8-20,25-26H2,1-7H3;2H2,1H3. The number of hydrogen-bond donors (Lipinski definition) is 2. The van der Waals surface area contributed by atoms with Crippen molar-refractivity contribution in [3.05, 3.63) is 59.2 Å². The first kappa shape index (κ1) is 34.4. The number of unbranched alkanes of at least 4 members (excludes halogenated alkanes) is 10. The van der Waals surface area contributed by atoms with E-state index in [0.717, 1.165) is 0 Å².